The molecule has 1 amide bonds. The Bertz CT molecular complexity index is 155. The van der Waals surface area contributed by atoms with E-state index in [1.807, 2.05) is 0 Å². The van der Waals surface area contributed by atoms with E-state index in [2.05, 4.69) is 0 Å². The van der Waals surface area contributed by atoms with E-state index in [0.29, 0.717) is 19.8 Å². The summed E-state index contributed by atoms with van der Waals surface area (Å²) in [6.45, 7) is 1.33. The van der Waals surface area contributed by atoms with Crippen molar-refractivity contribution in [3.8, 4) is 0 Å². The molecular formula is C7H13NO4. The second kappa shape index (κ2) is 4.39. The summed E-state index contributed by atoms with van der Waals surface area (Å²) in [5.41, 5.74) is 0. The molecule has 12 heavy (non-hydrogen) atoms. The normalized spacial score (nSPS) is 23.7. The van der Waals surface area contributed by atoms with Gasteiger partial charge in [-0.05, 0) is 0 Å². The van der Waals surface area contributed by atoms with Gasteiger partial charge in [0.25, 0.3) is 5.91 Å². The van der Waals surface area contributed by atoms with Crippen LogP contribution < -0.4 is 0 Å². The van der Waals surface area contributed by atoms with Gasteiger partial charge >= 0.3 is 0 Å². The van der Waals surface area contributed by atoms with Gasteiger partial charge in [-0.3, -0.25) is 9.63 Å². The molecule has 5 nitrogen and oxygen atoms in total. The Balaban J connectivity index is 2.39. The number of nitrogens with zero attached hydrogens (tertiary/aromatic N) is 1. The summed E-state index contributed by atoms with van der Waals surface area (Å²) < 4.78 is 10.2. The van der Waals surface area contributed by atoms with Crippen LogP contribution in [0.4, 0.5) is 0 Å². The van der Waals surface area contributed by atoms with E-state index in [1.165, 1.54) is 7.11 Å². The average molecular weight is 175 g/mol. The van der Waals surface area contributed by atoms with Gasteiger partial charge in [0.1, 0.15) is 0 Å². The quantitative estimate of drug-likeness (QED) is 0.527. The molecule has 5 heteroatoms. The number of rotatable bonds is 2. The minimum atomic E-state index is -0.510. The molecule has 0 N–H and O–H groups in total. The van der Waals surface area contributed by atoms with Crippen molar-refractivity contribution in [2.75, 3.05) is 34.0 Å². The summed E-state index contributed by atoms with van der Waals surface area (Å²) in [6, 6.07) is 0. The fraction of sp³-hybridized carbons (Fsp3) is 0.857. The number of carbonyl (C=O) groups is 1. The van der Waals surface area contributed by atoms with Gasteiger partial charge in [0, 0.05) is 7.05 Å². The van der Waals surface area contributed by atoms with Crippen LogP contribution in [0.3, 0.4) is 0 Å². The summed E-state index contributed by atoms with van der Waals surface area (Å²) in [7, 11) is 2.97. The van der Waals surface area contributed by atoms with Crippen molar-refractivity contribution in [3.63, 3.8) is 0 Å². The Morgan fingerprint density at radius 1 is 1.58 bits per heavy atom. The molecule has 0 unspecified atom stereocenters. The lowest BCUT2D eigenvalue weighted by Crippen LogP contribution is -2.43. The molecule has 1 atom stereocenters. The van der Waals surface area contributed by atoms with Crippen molar-refractivity contribution in [1.29, 1.82) is 0 Å². The number of hydroxylamine groups is 2. The molecule has 0 radical (unpaired) electrons. The second-order valence-electron chi connectivity index (χ2n) is 2.45. The Labute approximate surface area is 71.1 Å². The number of carbonyl (C=O) groups excluding carboxylic acids is 1. The molecule has 70 valence electrons. The number of hydrogen-bond acceptors (Lipinski definition) is 4. The van der Waals surface area contributed by atoms with Crippen LogP contribution in [0.2, 0.25) is 0 Å². The molecule has 1 saturated heterocycles. The van der Waals surface area contributed by atoms with E-state index < -0.39 is 6.10 Å². The lowest BCUT2D eigenvalue weighted by molar-refractivity contribution is -0.191. The van der Waals surface area contributed by atoms with E-state index in [0.717, 1.165) is 5.06 Å². The maximum atomic E-state index is 11.3. The third-order valence-electron chi connectivity index (χ3n) is 1.68. The minimum Gasteiger partial charge on any atom is -0.376 e. The van der Waals surface area contributed by atoms with Crippen molar-refractivity contribution in [2.24, 2.45) is 0 Å². The Morgan fingerprint density at radius 3 is 2.83 bits per heavy atom. The summed E-state index contributed by atoms with van der Waals surface area (Å²) in [4.78, 5) is 16.0. The largest absolute Gasteiger partial charge is 0.376 e. The zero-order chi connectivity index (χ0) is 8.97. The smallest absolute Gasteiger partial charge is 0.277 e. The molecule has 1 aliphatic rings. The van der Waals surface area contributed by atoms with Crippen LogP contribution >= 0.6 is 0 Å². The molecule has 0 aromatic carbocycles. The first-order valence-corrected chi connectivity index (χ1v) is 3.76. The maximum absolute atomic E-state index is 11.3. The third-order valence-corrected chi connectivity index (χ3v) is 1.68. The van der Waals surface area contributed by atoms with Crippen molar-refractivity contribution in [3.05, 3.63) is 0 Å². The van der Waals surface area contributed by atoms with Gasteiger partial charge in [0.2, 0.25) is 0 Å². The fourth-order valence-corrected chi connectivity index (χ4v) is 0.923. The number of likely N-dealkylation sites (N-methyl/N-ethyl adjacent to an activating group) is 1. The molecule has 0 aromatic rings. The molecule has 0 saturated carbocycles. The molecule has 0 aliphatic carbocycles. The lowest BCUT2D eigenvalue weighted by atomic mass is 10.3. The Hall–Kier alpha value is -0.650. The molecule has 0 spiro atoms. The van der Waals surface area contributed by atoms with Gasteiger partial charge in [-0.2, -0.15) is 0 Å². The summed E-state index contributed by atoms with van der Waals surface area (Å²) >= 11 is 0. The second-order valence-corrected chi connectivity index (χ2v) is 2.45. The van der Waals surface area contributed by atoms with Gasteiger partial charge in [0.15, 0.2) is 6.10 Å². The summed E-state index contributed by atoms with van der Waals surface area (Å²) in [6.07, 6.45) is -0.510. The predicted octanol–water partition coefficient (Wildman–Crippen LogP) is -0.578. The van der Waals surface area contributed by atoms with Crippen molar-refractivity contribution in [1.82, 2.24) is 5.06 Å². The number of ether oxygens (including phenoxy) is 2. The van der Waals surface area contributed by atoms with Crippen LogP contribution in [-0.4, -0.2) is 51.1 Å². The molecule has 1 aliphatic heterocycles. The predicted molar refractivity (Wildman–Crippen MR) is 40.3 cm³/mol. The third kappa shape index (κ3) is 2.17. The van der Waals surface area contributed by atoms with Gasteiger partial charge in [-0.1, -0.05) is 0 Å². The molecule has 1 rings (SSSR count). The van der Waals surface area contributed by atoms with Crippen molar-refractivity contribution < 1.29 is 19.1 Å². The zero-order valence-corrected chi connectivity index (χ0v) is 7.28. The average Bonchev–Trinajstić information content (AvgIpc) is 2.17. The van der Waals surface area contributed by atoms with E-state index in [4.69, 9.17) is 14.3 Å². The standard InChI is InChI=1S/C7H13NO4/c1-8(10-2)7(9)6-5-11-3-4-12-6/h6H,3-5H2,1-2H3/t6-/m1/s1. The topological polar surface area (TPSA) is 48.0 Å². The van der Waals surface area contributed by atoms with Crippen LogP contribution in [0, 0.1) is 0 Å². The van der Waals surface area contributed by atoms with Gasteiger partial charge < -0.3 is 9.47 Å². The molecule has 0 aromatic heterocycles. The summed E-state index contributed by atoms with van der Waals surface area (Å²) in [5, 5.41) is 1.14. The van der Waals surface area contributed by atoms with Crippen LogP contribution in [0.1, 0.15) is 0 Å². The maximum Gasteiger partial charge on any atom is 0.277 e. The number of amides is 1. The van der Waals surface area contributed by atoms with Crippen LogP contribution in [0.5, 0.6) is 0 Å². The van der Waals surface area contributed by atoms with Gasteiger partial charge in [-0.25, -0.2) is 5.06 Å². The van der Waals surface area contributed by atoms with Gasteiger partial charge in [0.05, 0.1) is 26.9 Å². The van der Waals surface area contributed by atoms with Crippen LogP contribution in [0.25, 0.3) is 0 Å². The highest BCUT2D eigenvalue weighted by Crippen LogP contribution is 2.03. The monoisotopic (exact) mass is 175 g/mol. The lowest BCUT2D eigenvalue weighted by Gasteiger charge is -2.25. The van der Waals surface area contributed by atoms with E-state index in [-0.39, 0.29) is 5.91 Å². The van der Waals surface area contributed by atoms with Crippen LogP contribution in [-0.2, 0) is 19.1 Å². The fourth-order valence-electron chi connectivity index (χ4n) is 0.923. The highest BCUT2D eigenvalue weighted by atomic mass is 16.7. The first-order valence-electron chi connectivity index (χ1n) is 3.76. The van der Waals surface area contributed by atoms with Crippen molar-refractivity contribution >= 4 is 5.91 Å². The number of hydrogen-bond donors (Lipinski definition) is 0. The SMILES string of the molecule is CON(C)C(=O)[C@H]1COCCO1. The van der Waals surface area contributed by atoms with E-state index in [1.54, 1.807) is 7.05 Å². The molecule has 0 bridgehead atoms. The van der Waals surface area contributed by atoms with Gasteiger partial charge in [-0.15, -0.1) is 0 Å². The molecule has 1 fully saturated rings. The van der Waals surface area contributed by atoms with E-state index in [9.17, 15) is 4.79 Å². The first-order chi connectivity index (χ1) is 5.75. The highest BCUT2D eigenvalue weighted by Gasteiger charge is 2.25. The van der Waals surface area contributed by atoms with E-state index >= 15 is 0 Å². The Morgan fingerprint density at radius 2 is 2.33 bits per heavy atom. The summed E-state index contributed by atoms with van der Waals surface area (Å²) in [5.74, 6) is -0.211. The minimum absolute atomic E-state index is 0.211. The Kier molecular flexibility index (Phi) is 3.46. The molecular weight excluding hydrogens is 162 g/mol. The van der Waals surface area contributed by atoms with Crippen LogP contribution in [0.15, 0.2) is 0 Å². The first kappa shape index (κ1) is 9.44. The molecule has 1 heterocycles. The highest BCUT2D eigenvalue weighted by molar-refractivity contribution is 5.79. The zero-order valence-electron chi connectivity index (χ0n) is 7.28. The van der Waals surface area contributed by atoms with Crippen molar-refractivity contribution in [2.45, 2.75) is 6.10 Å².